The highest BCUT2D eigenvalue weighted by atomic mass is 19.3. The van der Waals surface area contributed by atoms with Gasteiger partial charge in [0, 0.05) is 141 Å². The summed E-state index contributed by atoms with van der Waals surface area (Å²) in [6.45, 7) is 25.7. The van der Waals surface area contributed by atoms with E-state index in [-0.39, 0.29) is 69.5 Å². The van der Waals surface area contributed by atoms with E-state index in [2.05, 4.69) is 204 Å². The molecule has 562 valence electrons. The first-order valence-corrected chi connectivity index (χ1v) is 39.0. The van der Waals surface area contributed by atoms with Crippen LogP contribution in [0.25, 0.3) is 11.3 Å². The monoisotopic (exact) mass is 1460 g/mol. The molecule has 0 radical (unpaired) electrons. The lowest BCUT2D eigenvalue weighted by atomic mass is 9.60. The molecule has 109 heavy (non-hydrogen) atoms. The van der Waals surface area contributed by atoms with Gasteiger partial charge in [0.05, 0.1) is 21.9 Å². The molecule has 5 aromatic carbocycles. The molecular weight excluding hydrogens is 1360 g/mol. The summed E-state index contributed by atoms with van der Waals surface area (Å²) >= 11 is 0. The molecule has 4 aromatic heterocycles. The molecule has 0 bridgehead atoms. The van der Waals surface area contributed by atoms with Crippen molar-refractivity contribution in [2.75, 3.05) is 21.3 Å². The van der Waals surface area contributed by atoms with Crippen LogP contribution in [0.2, 0.25) is 0 Å². The largest absolute Gasteiger partial charge is 0.342 e. The molecule has 8 N–H and O–H groups in total. The molecule has 16 nitrogen and oxygen atoms in total. The van der Waals surface area contributed by atoms with E-state index in [1.807, 2.05) is 92.7 Å². The molecule has 9 aromatic rings. The fraction of sp³-hybridized carbons (Fsp3) is 0.407. The highest BCUT2D eigenvalue weighted by molar-refractivity contribution is 6.06. The number of nitrogens with zero attached hydrogens (tertiary/aromatic N) is 4. The number of benzene rings is 5. The molecule has 2 saturated carbocycles. The van der Waals surface area contributed by atoms with Gasteiger partial charge in [-0.05, 0) is 122 Å². The number of rotatable bonds is 8. The first-order chi connectivity index (χ1) is 51.9. The van der Waals surface area contributed by atoms with E-state index in [1.54, 1.807) is 0 Å². The second-order valence-electron chi connectivity index (χ2n) is 36.0. The van der Waals surface area contributed by atoms with Crippen molar-refractivity contribution in [2.45, 2.75) is 213 Å². The Bertz CT molecular complexity index is 5240. The third-order valence-corrected chi connectivity index (χ3v) is 25.1. The van der Waals surface area contributed by atoms with Gasteiger partial charge < -0.3 is 21.3 Å². The van der Waals surface area contributed by atoms with Crippen molar-refractivity contribution in [3.63, 3.8) is 0 Å². The maximum Gasteiger partial charge on any atom is 0.249 e. The first-order valence-electron chi connectivity index (χ1n) is 39.0. The summed E-state index contributed by atoms with van der Waals surface area (Å²) in [5.74, 6) is 1.88. The van der Waals surface area contributed by atoms with Crippen LogP contribution in [0.3, 0.4) is 0 Å². The molecular formula is C91H100F2N12O4. The summed E-state index contributed by atoms with van der Waals surface area (Å²) in [7, 11) is 0. The van der Waals surface area contributed by atoms with Crippen LogP contribution >= 0.6 is 0 Å². The second-order valence-corrected chi connectivity index (χ2v) is 36.0. The minimum Gasteiger partial charge on any atom is -0.342 e. The van der Waals surface area contributed by atoms with Gasteiger partial charge in [0.25, 0.3) is 0 Å². The number of H-pyrrole nitrogens is 4. The molecule has 6 aliphatic carbocycles. The summed E-state index contributed by atoms with van der Waals surface area (Å²) < 4.78 is 27.3. The first kappa shape index (κ1) is 72.8. The summed E-state index contributed by atoms with van der Waals surface area (Å²) in [5, 5.41) is 44.8. The number of aromatic nitrogens is 8. The Labute approximate surface area is 637 Å². The Morgan fingerprint density at radius 2 is 0.752 bits per heavy atom. The van der Waals surface area contributed by atoms with E-state index >= 15 is 0 Å². The molecule has 4 atom stereocenters. The summed E-state index contributed by atoms with van der Waals surface area (Å²) in [4.78, 5) is 53.2. The number of carbonyl (C=O) groups excluding carboxylic acids is 4. The Hall–Kier alpha value is -10.4. The smallest absolute Gasteiger partial charge is 0.249 e. The van der Waals surface area contributed by atoms with Crippen molar-refractivity contribution < 1.29 is 28.0 Å². The van der Waals surface area contributed by atoms with Gasteiger partial charge in [-0.3, -0.25) is 39.6 Å². The number of hydrogen-bond acceptors (Lipinski definition) is 12. The number of halogens is 2. The second kappa shape index (κ2) is 26.7. The number of allylic oxidation sites excluding steroid dienone is 8. The molecule has 4 aliphatic heterocycles. The van der Waals surface area contributed by atoms with Crippen LogP contribution in [0.5, 0.6) is 0 Å². The Morgan fingerprint density at radius 3 is 1.17 bits per heavy atom. The van der Waals surface area contributed by atoms with Crippen molar-refractivity contribution >= 4 is 46.4 Å². The molecule has 10 aliphatic rings. The van der Waals surface area contributed by atoms with Crippen LogP contribution in [0.15, 0.2) is 197 Å². The number of hydrogen-bond donors (Lipinski definition) is 8. The summed E-state index contributed by atoms with van der Waals surface area (Å²) in [5.41, 5.74) is 19.4. The van der Waals surface area contributed by atoms with Crippen molar-refractivity contribution in [2.24, 2.45) is 21.7 Å². The quantitative estimate of drug-likeness (QED) is 0.0710. The van der Waals surface area contributed by atoms with Gasteiger partial charge >= 0.3 is 0 Å². The van der Waals surface area contributed by atoms with E-state index in [1.165, 1.54) is 41.6 Å². The highest BCUT2D eigenvalue weighted by Gasteiger charge is 2.56. The van der Waals surface area contributed by atoms with Gasteiger partial charge in [0.2, 0.25) is 5.92 Å². The highest BCUT2D eigenvalue weighted by Crippen LogP contribution is 2.60. The standard InChI is InChI=1S/C25H25N3O.C23H25F2N3O.C23H27N3O.C20H23N3O/c1-24(2)14-18-20(19(29)15-24)25(3,17-12-8-5-9-13-17)21-22(27-28-23(21)26-18)16-10-6-4-7-11-16;1-21(2)11-15-17(16(29)12-21)22(3,14-7-5-4-6-8-14)18-19(27-28-20(18)26-15)13-9-23(24,25)10-13;1-22(2)12-16-18(17(27)13-22)23(3,15-10-5-4-6-11-15)19-20(14-8-7-9-14)25-26-21(19)24-16;1-12-17-14(9-13-7-5-4-6-8-13)18-15(21-19(17)23-22-12)10-20(2,3)11-16(18)24/h4-13H,14-15H2,1-3H3,(H2,26,27,28);4-8,13H,9-12H2,1-3H3,(H2,26,27,28);4-6,10-11,14H,7-9,12-13H2,1-3H3,(H2,24,25,26);4-8,14H,9-11H2,1-3H3,(H2,21,22,23). The average molecular weight is 1460 g/mol. The predicted octanol–water partition coefficient (Wildman–Crippen LogP) is 19.9. The fourth-order valence-electron chi connectivity index (χ4n) is 19.9. The Morgan fingerprint density at radius 1 is 0.394 bits per heavy atom. The molecule has 0 saturated heterocycles. The topological polar surface area (TPSA) is 231 Å². The number of alkyl halides is 2. The van der Waals surface area contributed by atoms with Crippen LogP contribution in [0.4, 0.5) is 32.1 Å². The Kier molecular flexibility index (Phi) is 17.9. The molecule has 18 heteroatoms. The van der Waals surface area contributed by atoms with Gasteiger partial charge in [-0.15, -0.1) is 0 Å². The van der Waals surface area contributed by atoms with Crippen LogP contribution in [0, 0.1) is 28.6 Å². The van der Waals surface area contributed by atoms with Crippen LogP contribution in [-0.2, 0) is 41.8 Å². The summed E-state index contributed by atoms with van der Waals surface area (Å²) in [6.07, 6.45) is 9.75. The lowest BCUT2D eigenvalue weighted by molar-refractivity contribution is -0.119. The zero-order valence-electron chi connectivity index (χ0n) is 64.7. The maximum atomic E-state index is 13.6. The molecule has 0 spiro atoms. The SMILES string of the molecule is CC1(C)CC(=O)C2=C(C1)Nc1n[nH]c(-c3ccccc3)c1C2(C)c1ccccc1.CC1(C)CC(=O)C2=C(C1)Nc1n[nH]c(C3CC(F)(F)C3)c1C2(C)c1ccccc1.CC1(C)CC(=O)C2=C(C1)Nc1n[nH]c(C3CCC3)c1C2(C)c1ccccc1.Cc1[nH]nc2c1C(Cc1ccccc1)C1=C(CC(C)(C)CC1=O)N2. The number of ketones is 4. The molecule has 8 heterocycles. The minimum absolute atomic E-state index is 0.00304. The van der Waals surface area contributed by atoms with E-state index < -0.39 is 22.2 Å². The minimum atomic E-state index is -2.62. The zero-order valence-corrected chi connectivity index (χ0v) is 64.7. The fourth-order valence-corrected chi connectivity index (χ4v) is 19.9. The van der Waals surface area contributed by atoms with Gasteiger partial charge in [0.1, 0.15) is 0 Å². The van der Waals surface area contributed by atoms with Crippen molar-refractivity contribution in [1.29, 1.82) is 0 Å². The van der Waals surface area contributed by atoms with E-state index in [0.717, 1.165) is 145 Å². The number of anilines is 4. The van der Waals surface area contributed by atoms with Gasteiger partial charge in [-0.2, -0.15) is 20.4 Å². The van der Waals surface area contributed by atoms with Crippen molar-refractivity contribution in [1.82, 2.24) is 40.8 Å². The normalized spacial score (nSPS) is 24.9. The van der Waals surface area contributed by atoms with E-state index in [9.17, 15) is 28.0 Å². The molecule has 4 unspecified atom stereocenters. The van der Waals surface area contributed by atoms with Gasteiger partial charge in [-0.25, -0.2) is 8.78 Å². The summed E-state index contributed by atoms with van der Waals surface area (Å²) in [6, 6.07) is 51.3. The Balaban J connectivity index is 0.000000111. The number of aromatic amines is 4. The third kappa shape index (κ3) is 12.8. The molecule has 2 fully saturated rings. The number of fused-ring (bicyclic) bond motifs is 4. The van der Waals surface area contributed by atoms with Crippen LogP contribution < -0.4 is 21.3 Å². The maximum absolute atomic E-state index is 13.6. The lowest BCUT2D eigenvalue weighted by Gasteiger charge is -2.45. The van der Waals surface area contributed by atoms with Gasteiger partial charge in [-0.1, -0.05) is 213 Å². The molecule has 19 rings (SSSR count). The van der Waals surface area contributed by atoms with Crippen molar-refractivity contribution in [3.8, 4) is 11.3 Å². The van der Waals surface area contributed by atoms with E-state index in [4.69, 9.17) is 0 Å². The number of nitrogens with one attached hydrogen (secondary N) is 8. The third-order valence-electron chi connectivity index (χ3n) is 25.1. The number of aryl methyl sites for hydroxylation is 1. The average Bonchev–Trinajstić information content (AvgIpc) is 1.69. The lowest BCUT2D eigenvalue weighted by Crippen LogP contribution is -2.43. The van der Waals surface area contributed by atoms with Crippen LogP contribution in [-0.4, -0.2) is 69.8 Å². The van der Waals surface area contributed by atoms with Crippen molar-refractivity contribution in [3.05, 3.63) is 258 Å². The van der Waals surface area contributed by atoms with E-state index in [0.29, 0.717) is 37.4 Å². The zero-order chi connectivity index (χ0) is 76.5. The number of Topliss-reactive ketones (excluding diaryl/α,β-unsaturated/α-hetero) is 4. The van der Waals surface area contributed by atoms with Crippen LogP contribution in [0.1, 0.15) is 239 Å². The molecule has 0 amide bonds. The predicted molar refractivity (Wildman–Crippen MR) is 424 cm³/mol. The van der Waals surface area contributed by atoms with Gasteiger partial charge in [0.15, 0.2) is 46.4 Å². The number of carbonyl (C=O) groups is 4.